The molecule has 4 nitrogen and oxygen atoms in total. The number of hydrogen-bond donors (Lipinski definition) is 3. The van der Waals surface area contributed by atoms with Gasteiger partial charge in [-0.05, 0) is 43.7 Å². The molecule has 0 aliphatic heterocycles. The second-order valence-corrected chi connectivity index (χ2v) is 5.12. The Morgan fingerprint density at radius 2 is 1.89 bits per heavy atom. The van der Waals surface area contributed by atoms with E-state index in [1.807, 2.05) is 12.1 Å². The molecule has 1 amide bonds. The predicted molar refractivity (Wildman–Crippen MR) is 73.1 cm³/mol. The number of nitrogens with one attached hydrogen (secondary N) is 2. The summed E-state index contributed by atoms with van der Waals surface area (Å²) in [5.74, 6) is 6.16. The molecule has 1 saturated carbocycles. The predicted octanol–water partition coefficient (Wildman–Crippen LogP) is 2.28. The van der Waals surface area contributed by atoms with Gasteiger partial charge < -0.3 is 10.7 Å². The minimum atomic E-state index is -0.0388. The van der Waals surface area contributed by atoms with Crippen molar-refractivity contribution in [2.45, 2.75) is 38.6 Å². The molecule has 98 valence electrons. The van der Waals surface area contributed by atoms with Crippen LogP contribution >= 0.6 is 0 Å². The molecular formula is C14H21N3O. The fourth-order valence-electron chi connectivity index (χ4n) is 2.47. The maximum Gasteiger partial charge on any atom is 0.253 e. The normalized spacial score (nSPS) is 23.4. The lowest BCUT2D eigenvalue weighted by Gasteiger charge is -2.27. The molecule has 0 spiro atoms. The lowest BCUT2D eigenvalue weighted by atomic mass is 9.87. The molecule has 0 aromatic heterocycles. The van der Waals surface area contributed by atoms with Crippen LogP contribution in [0.3, 0.4) is 0 Å². The number of hydrazine groups is 1. The molecule has 1 aliphatic carbocycles. The lowest BCUT2D eigenvalue weighted by molar-refractivity contribution is 0.0924. The molecule has 0 heterocycles. The number of para-hydroxylation sites is 1. The van der Waals surface area contributed by atoms with Gasteiger partial charge in [0.1, 0.15) is 0 Å². The van der Waals surface area contributed by atoms with Crippen molar-refractivity contribution in [1.29, 1.82) is 0 Å². The Morgan fingerprint density at radius 1 is 1.22 bits per heavy atom. The highest BCUT2D eigenvalue weighted by Gasteiger charge is 2.21. The minimum Gasteiger partial charge on any atom is -0.349 e. The van der Waals surface area contributed by atoms with E-state index in [1.165, 1.54) is 12.8 Å². The van der Waals surface area contributed by atoms with E-state index in [-0.39, 0.29) is 5.91 Å². The first-order valence-electron chi connectivity index (χ1n) is 6.57. The van der Waals surface area contributed by atoms with Crippen molar-refractivity contribution in [1.82, 2.24) is 5.32 Å². The van der Waals surface area contributed by atoms with Crippen LogP contribution in [0.1, 0.15) is 43.0 Å². The van der Waals surface area contributed by atoms with Crippen molar-refractivity contribution in [3.63, 3.8) is 0 Å². The topological polar surface area (TPSA) is 67.2 Å². The Kier molecular flexibility index (Phi) is 4.20. The van der Waals surface area contributed by atoms with Crippen LogP contribution in [0.5, 0.6) is 0 Å². The Balaban J connectivity index is 1.99. The van der Waals surface area contributed by atoms with Gasteiger partial charge in [-0.15, -0.1) is 0 Å². The summed E-state index contributed by atoms with van der Waals surface area (Å²) in [6, 6.07) is 7.60. The average molecular weight is 247 g/mol. The fourth-order valence-corrected chi connectivity index (χ4v) is 2.47. The van der Waals surface area contributed by atoms with Crippen LogP contribution < -0.4 is 16.6 Å². The van der Waals surface area contributed by atoms with Crippen molar-refractivity contribution in [3.8, 4) is 0 Å². The highest BCUT2D eigenvalue weighted by Crippen LogP contribution is 2.24. The number of benzene rings is 1. The van der Waals surface area contributed by atoms with Crippen molar-refractivity contribution in [2.24, 2.45) is 11.8 Å². The van der Waals surface area contributed by atoms with Gasteiger partial charge in [-0.1, -0.05) is 19.1 Å². The summed E-state index contributed by atoms with van der Waals surface area (Å²) >= 11 is 0. The third-order valence-corrected chi connectivity index (χ3v) is 3.68. The molecule has 0 saturated heterocycles. The molecule has 1 fully saturated rings. The van der Waals surface area contributed by atoms with Crippen LogP contribution in [0, 0.1) is 5.92 Å². The molecule has 4 heteroatoms. The molecule has 0 unspecified atom stereocenters. The molecule has 0 bridgehead atoms. The third-order valence-electron chi connectivity index (χ3n) is 3.68. The number of hydrogen-bond acceptors (Lipinski definition) is 3. The molecular weight excluding hydrogens is 226 g/mol. The molecule has 0 atom stereocenters. The maximum atomic E-state index is 12.2. The fraction of sp³-hybridized carbons (Fsp3) is 0.500. The number of nitrogens with two attached hydrogens (primary N) is 1. The standard InChI is InChI=1S/C14H21N3O/c1-10-6-8-11(9-7-10)16-14(18)12-4-2-3-5-13(12)17-15/h2-5,10-11,17H,6-9,15H2,1H3,(H,16,18). The van der Waals surface area contributed by atoms with Crippen LogP contribution in [0.2, 0.25) is 0 Å². The SMILES string of the molecule is CC1CCC(NC(=O)c2ccccc2NN)CC1. The van der Waals surface area contributed by atoms with Gasteiger partial charge in [0.05, 0.1) is 11.3 Å². The zero-order valence-electron chi connectivity index (χ0n) is 10.8. The Hall–Kier alpha value is -1.55. The minimum absolute atomic E-state index is 0.0388. The van der Waals surface area contributed by atoms with Gasteiger partial charge in [-0.25, -0.2) is 0 Å². The highest BCUT2D eigenvalue weighted by atomic mass is 16.1. The van der Waals surface area contributed by atoms with Crippen LogP contribution in [-0.2, 0) is 0 Å². The van der Waals surface area contributed by atoms with Crippen LogP contribution in [0.15, 0.2) is 24.3 Å². The first kappa shape index (κ1) is 12.9. The lowest BCUT2D eigenvalue weighted by Crippen LogP contribution is -2.37. The summed E-state index contributed by atoms with van der Waals surface area (Å²) in [6.07, 6.45) is 4.54. The van der Waals surface area contributed by atoms with Crippen LogP contribution in [0.4, 0.5) is 5.69 Å². The van der Waals surface area contributed by atoms with Gasteiger partial charge in [0.25, 0.3) is 5.91 Å². The van der Waals surface area contributed by atoms with E-state index in [4.69, 9.17) is 5.84 Å². The van der Waals surface area contributed by atoms with Gasteiger partial charge in [0.15, 0.2) is 0 Å². The summed E-state index contributed by atoms with van der Waals surface area (Å²) in [6.45, 7) is 2.27. The van der Waals surface area contributed by atoms with E-state index < -0.39 is 0 Å². The number of amides is 1. The number of carbonyl (C=O) groups excluding carboxylic acids is 1. The molecule has 0 radical (unpaired) electrons. The first-order valence-corrected chi connectivity index (χ1v) is 6.57. The molecule has 18 heavy (non-hydrogen) atoms. The zero-order valence-corrected chi connectivity index (χ0v) is 10.8. The number of nitrogen functional groups attached to an aromatic ring is 1. The quantitative estimate of drug-likeness (QED) is 0.567. The van der Waals surface area contributed by atoms with Crippen LogP contribution in [-0.4, -0.2) is 11.9 Å². The molecule has 1 aliphatic rings. The summed E-state index contributed by atoms with van der Waals surface area (Å²) in [7, 11) is 0. The molecule has 2 rings (SSSR count). The Labute approximate surface area is 108 Å². The molecule has 1 aromatic rings. The zero-order chi connectivity index (χ0) is 13.0. The Bertz CT molecular complexity index is 411. The van der Waals surface area contributed by atoms with E-state index in [1.54, 1.807) is 12.1 Å². The second kappa shape index (κ2) is 5.87. The van der Waals surface area contributed by atoms with Crippen molar-refractivity contribution in [2.75, 3.05) is 5.43 Å². The molecule has 1 aromatic carbocycles. The molecule has 4 N–H and O–H groups in total. The van der Waals surface area contributed by atoms with Gasteiger partial charge in [0, 0.05) is 6.04 Å². The Morgan fingerprint density at radius 3 is 2.56 bits per heavy atom. The number of rotatable bonds is 3. The summed E-state index contributed by atoms with van der Waals surface area (Å²) in [4.78, 5) is 12.2. The van der Waals surface area contributed by atoms with Crippen LogP contribution in [0.25, 0.3) is 0 Å². The van der Waals surface area contributed by atoms with Crippen molar-refractivity contribution in [3.05, 3.63) is 29.8 Å². The highest BCUT2D eigenvalue weighted by molar-refractivity contribution is 5.99. The van der Waals surface area contributed by atoms with E-state index in [0.29, 0.717) is 17.3 Å². The number of carbonyl (C=O) groups is 1. The van der Waals surface area contributed by atoms with Crippen molar-refractivity contribution < 1.29 is 4.79 Å². The van der Waals surface area contributed by atoms with E-state index in [2.05, 4.69) is 17.7 Å². The van der Waals surface area contributed by atoms with Gasteiger partial charge in [-0.2, -0.15) is 0 Å². The largest absolute Gasteiger partial charge is 0.349 e. The monoisotopic (exact) mass is 247 g/mol. The third kappa shape index (κ3) is 3.01. The second-order valence-electron chi connectivity index (χ2n) is 5.12. The van der Waals surface area contributed by atoms with E-state index in [0.717, 1.165) is 18.8 Å². The summed E-state index contributed by atoms with van der Waals surface area (Å²) < 4.78 is 0. The summed E-state index contributed by atoms with van der Waals surface area (Å²) in [5.41, 5.74) is 3.84. The van der Waals surface area contributed by atoms with E-state index >= 15 is 0 Å². The summed E-state index contributed by atoms with van der Waals surface area (Å²) in [5, 5.41) is 3.10. The van der Waals surface area contributed by atoms with Gasteiger partial charge in [-0.3, -0.25) is 10.6 Å². The van der Waals surface area contributed by atoms with Crippen molar-refractivity contribution >= 4 is 11.6 Å². The van der Waals surface area contributed by atoms with E-state index in [9.17, 15) is 4.79 Å². The van der Waals surface area contributed by atoms with Gasteiger partial charge >= 0.3 is 0 Å². The number of anilines is 1. The smallest absolute Gasteiger partial charge is 0.253 e. The van der Waals surface area contributed by atoms with Gasteiger partial charge in [0.2, 0.25) is 0 Å². The average Bonchev–Trinajstić information content (AvgIpc) is 2.41. The maximum absolute atomic E-state index is 12.2. The first-order chi connectivity index (χ1) is 8.70.